The van der Waals surface area contributed by atoms with E-state index in [1.54, 1.807) is 86.6 Å². The minimum absolute atomic E-state index is 0. The van der Waals surface area contributed by atoms with Crippen molar-refractivity contribution >= 4 is 64.5 Å². The van der Waals surface area contributed by atoms with Gasteiger partial charge in [-0.25, -0.2) is 16.8 Å². The van der Waals surface area contributed by atoms with E-state index in [2.05, 4.69) is 30.7 Å². The largest absolute Gasteiger partial charge is 3.00 e. The van der Waals surface area contributed by atoms with Crippen LogP contribution in [-0.2, 0) is 37.6 Å². The second-order valence-electron chi connectivity index (χ2n) is 12.8. The SMILES string of the molecule is Cc1[n-]n(-c2ccccc2)c(=O)c1N=Nc1c([O-])cc(S(=O)(=O)[O-])c2ccccc12.Cc1[n-]n(-c2ccccc2)c(=O)c1N=Nc1c([O-])cc(S(=O)(=O)[O-])c2ccccc12.[Cr+3].[H+].[Na+]. The molecule has 0 aliphatic heterocycles. The summed E-state index contributed by atoms with van der Waals surface area (Å²) in [5, 5.41) is 49.4. The number of aryl methyl sites for hydroxylation is 2. The molecule has 0 aliphatic carbocycles. The maximum atomic E-state index is 12.7. The van der Waals surface area contributed by atoms with Gasteiger partial charge in [-0.05, 0) is 36.4 Å². The summed E-state index contributed by atoms with van der Waals surface area (Å²) >= 11 is 0. The molecule has 22 heteroatoms. The van der Waals surface area contributed by atoms with Crippen molar-refractivity contribution in [1.82, 2.24) is 19.6 Å². The average molecular weight is 919 g/mol. The van der Waals surface area contributed by atoms with Gasteiger partial charge in [0.2, 0.25) is 0 Å². The number of fused-ring (bicyclic) bond motifs is 2. The van der Waals surface area contributed by atoms with Gasteiger partial charge in [0.25, 0.3) is 11.1 Å². The topological polar surface area (TPSA) is 282 Å². The predicted octanol–water partition coefficient (Wildman–Crippen LogP) is 2.41. The molecule has 0 aliphatic rings. The molecule has 2 heterocycles. The molecule has 6 aromatic carbocycles. The van der Waals surface area contributed by atoms with E-state index < -0.39 is 52.6 Å². The summed E-state index contributed by atoms with van der Waals surface area (Å²) < 4.78 is 71.4. The van der Waals surface area contributed by atoms with Gasteiger partial charge in [-0.15, -0.1) is 21.6 Å². The minimum atomic E-state index is -4.86. The number of nitrogens with zero attached hydrogens (tertiary/aromatic N) is 8. The first-order valence-corrected chi connectivity index (χ1v) is 20.2. The van der Waals surface area contributed by atoms with Crippen LogP contribution in [0.2, 0.25) is 0 Å². The van der Waals surface area contributed by atoms with Crippen LogP contribution in [0, 0.1) is 13.8 Å². The van der Waals surface area contributed by atoms with Gasteiger partial charge in [-0.2, -0.15) is 10.2 Å². The molecule has 0 saturated heterocycles. The molecule has 0 N–H and O–H groups in total. The standard InChI is InChI=1S/2C20H16N4O5S.Cr.Na/c2*1-12-18(20(26)24(23-12)13-7-3-2-4-8-13)21-22-19-15-10-6-5-9-14(15)17(11-16(19)25)30(27,28)29;;/h2*2-11H,1H3,(H3,21,22,23,25,26,27,28,29);;/q;;+3;+1/p-5. The Hall–Kier alpha value is -5.99. The third kappa shape index (κ3) is 9.56. The number of benzene rings is 6. The Bertz CT molecular complexity index is 3160. The van der Waals surface area contributed by atoms with Crippen LogP contribution in [0.5, 0.6) is 11.5 Å². The van der Waals surface area contributed by atoms with Crippen molar-refractivity contribution in [3.63, 3.8) is 0 Å². The fourth-order valence-corrected chi connectivity index (χ4v) is 7.54. The van der Waals surface area contributed by atoms with E-state index >= 15 is 0 Å². The summed E-state index contributed by atoms with van der Waals surface area (Å²) in [5.41, 5.74) is 0.223. The summed E-state index contributed by atoms with van der Waals surface area (Å²) in [5.74, 6) is -1.60. The Morgan fingerprint density at radius 3 is 1.11 bits per heavy atom. The number of hydrogen-bond acceptors (Lipinski definition) is 14. The van der Waals surface area contributed by atoms with Crippen LogP contribution in [0.4, 0.5) is 22.7 Å². The van der Waals surface area contributed by atoms with E-state index in [1.807, 2.05) is 0 Å². The number of rotatable bonds is 8. The smallest absolute Gasteiger partial charge is 0.871 e. The summed E-state index contributed by atoms with van der Waals surface area (Å²) in [6, 6.07) is 30.8. The third-order valence-electron chi connectivity index (χ3n) is 8.90. The summed E-state index contributed by atoms with van der Waals surface area (Å²) in [4.78, 5) is 24.1. The Balaban J connectivity index is 0.000000264. The first kappa shape index (κ1) is 47.1. The molecule has 2 aromatic heterocycles. The van der Waals surface area contributed by atoms with Gasteiger partial charge in [-0.1, -0.05) is 110 Å². The van der Waals surface area contributed by atoms with Gasteiger partial charge in [0.1, 0.15) is 31.6 Å². The van der Waals surface area contributed by atoms with E-state index in [0.29, 0.717) is 22.8 Å². The van der Waals surface area contributed by atoms with Crippen LogP contribution in [0.15, 0.2) is 161 Å². The second kappa shape index (κ2) is 19.0. The van der Waals surface area contributed by atoms with E-state index in [4.69, 9.17) is 0 Å². The van der Waals surface area contributed by atoms with Crippen molar-refractivity contribution in [2.45, 2.75) is 23.6 Å². The first-order chi connectivity index (χ1) is 28.5. The predicted molar refractivity (Wildman–Crippen MR) is 212 cm³/mol. The molecule has 0 amide bonds. The number of hydrogen-bond donors (Lipinski definition) is 0. The van der Waals surface area contributed by atoms with Gasteiger partial charge in [0, 0.05) is 32.9 Å². The Morgan fingerprint density at radius 1 is 0.500 bits per heavy atom. The zero-order chi connectivity index (χ0) is 42.9. The van der Waals surface area contributed by atoms with Crippen LogP contribution in [0.25, 0.3) is 32.9 Å². The molecule has 8 rings (SSSR count). The maximum Gasteiger partial charge on any atom is 3.00 e. The second-order valence-corrected chi connectivity index (χ2v) is 15.5. The third-order valence-corrected chi connectivity index (χ3v) is 10.7. The molecule has 0 atom stereocenters. The van der Waals surface area contributed by atoms with Crippen molar-refractivity contribution in [3.8, 4) is 22.9 Å². The van der Waals surface area contributed by atoms with Crippen molar-refractivity contribution < 1.29 is 84.5 Å². The quantitative estimate of drug-likeness (QED) is 0.121. The van der Waals surface area contributed by atoms with Gasteiger partial charge < -0.3 is 38.9 Å². The molecule has 0 spiro atoms. The van der Waals surface area contributed by atoms with E-state index in [9.17, 15) is 45.7 Å². The van der Waals surface area contributed by atoms with Crippen molar-refractivity contribution in [2.24, 2.45) is 20.5 Å². The maximum absolute atomic E-state index is 12.7. The fraction of sp³-hybridized carbons (Fsp3) is 0.0500. The van der Waals surface area contributed by atoms with E-state index in [0.717, 1.165) is 12.1 Å². The van der Waals surface area contributed by atoms with Gasteiger partial charge in [-0.3, -0.25) is 9.59 Å². The van der Waals surface area contributed by atoms with Crippen molar-refractivity contribution in [2.75, 3.05) is 0 Å². The Kier molecular flexibility index (Phi) is 14.4. The van der Waals surface area contributed by atoms with Gasteiger partial charge in [0.15, 0.2) is 0 Å². The van der Waals surface area contributed by atoms with E-state index in [-0.39, 0.29) is 92.6 Å². The molecule has 0 bridgehead atoms. The molecule has 8 aromatic rings. The average Bonchev–Trinajstić information content (AvgIpc) is 3.68. The minimum Gasteiger partial charge on any atom is -0.871 e. The zero-order valence-electron chi connectivity index (χ0n) is 33.4. The first-order valence-electron chi connectivity index (χ1n) is 17.4. The Labute approximate surface area is 386 Å². The number of para-hydroxylation sites is 2. The molecule has 62 heavy (non-hydrogen) atoms. The molecule has 0 fully saturated rings. The van der Waals surface area contributed by atoms with Crippen LogP contribution in [0.1, 0.15) is 12.8 Å². The number of azo groups is 2. The zero-order valence-corrected chi connectivity index (χ0v) is 37.3. The molecule has 0 unspecified atom stereocenters. The number of aromatic nitrogens is 4. The molecular weight excluding hydrogens is 892 g/mol. The van der Waals surface area contributed by atoms with Crippen molar-refractivity contribution in [1.29, 1.82) is 0 Å². The molecule has 1 radical (unpaired) electrons. The monoisotopic (exact) mass is 918 g/mol. The van der Waals surface area contributed by atoms with Crippen LogP contribution in [-0.4, -0.2) is 35.3 Å². The fourth-order valence-electron chi connectivity index (χ4n) is 6.14. The molecule has 307 valence electrons. The molecule has 0 saturated carbocycles. The van der Waals surface area contributed by atoms with Crippen LogP contribution >= 0.6 is 0 Å². The summed E-state index contributed by atoms with van der Waals surface area (Å²) in [7, 11) is -9.72. The Morgan fingerprint density at radius 2 is 0.790 bits per heavy atom. The van der Waals surface area contributed by atoms with E-state index in [1.165, 1.54) is 45.8 Å². The molecular formula is C40H27CrN8NaO10S2-. The van der Waals surface area contributed by atoms with Gasteiger partial charge >= 0.3 is 48.3 Å². The normalized spacial score (nSPS) is 11.7. The summed E-state index contributed by atoms with van der Waals surface area (Å²) in [6.07, 6.45) is 0. The van der Waals surface area contributed by atoms with Crippen LogP contribution in [0.3, 0.4) is 0 Å². The van der Waals surface area contributed by atoms with Crippen molar-refractivity contribution in [3.05, 3.63) is 153 Å². The van der Waals surface area contributed by atoms with Gasteiger partial charge in [0.05, 0.1) is 21.2 Å². The van der Waals surface area contributed by atoms with Crippen LogP contribution < -0.4 is 61.1 Å². The molecule has 18 nitrogen and oxygen atoms in total. The summed E-state index contributed by atoms with van der Waals surface area (Å²) in [6.45, 7) is 3.16.